The standard InChI is InChI=1S/C9H15N3O2/c1-2-5-10-9-11-8(12-14-9)7-4-3-6-13-7/h7H,2-6H2,1H3,(H,10,11,12). The molecule has 1 aliphatic rings. The van der Waals surface area contributed by atoms with Crippen LogP contribution in [0, 0.1) is 0 Å². The highest BCUT2D eigenvalue weighted by atomic mass is 16.5. The van der Waals surface area contributed by atoms with Gasteiger partial charge in [0.05, 0.1) is 0 Å². The average Bonchev–Trinajstić information content (AvgIpc) is 2.85. The lowest BCUT2D eigenvalue weighted by atomic mass is 10.2. The molecule has 0 spiro atoms. The van der Waals surface area contributed by atoms with Crippen LogP contribution in [0.1, 0.15) is 38.1 Å². The maximum absolute atomic E-state index is 5.44. The van der Waals surface area contributed by atoms with Gasteiger partial charge in [0.25, 0.3) is 0 Å². The fourth-order valence-electron chi connectivity index (χ4n) is 1.45. The Balaban J connectivity index is 1.94. The van der Waals surface area contributed by atoms with E-state index in [1.165, 1.54) is 0 Å². The molecule has 5 heteroatoms. The Morgan fingerprint density at radius 3 is 3.21 bits per heavy atom. The largest absolute Gasteiger partial charge is 0.370 e. The Labute approximate surface area is 82.8 Å². The molecule has 1 aromatic heterocycles. The number of aromatic nitrogens is 2. The molecule has 2 heterocycles. The van der Waals surface area contributed by atoms with Crippen molar-refractivity contribution in [2.45, 2.75) is 32.3 Å². The third kappa shape index (κ3) is 2.04. The smallest absolute Gasteiger partial charge is 0.321 e. The van der Waals surface area contributed by atoms with Crippen molar-refractivity contribution in [2.24, 2.45) is 0 Å². The molecule has 0 bridgehead atoms. The summed E-state index contributed by atoms with van der Waals surface area (Å²) in [5, 5.41) is 6.92. The quantitative estimate of drug-likeness (QED) is 0.796. The molecular formula is C9H15N3O2. The number of nitrogens with one attached hydrogen (secondary N) is 1. The van der Waals surface area contributed by atoms with Crippen molar-refractivity contribution in [1.29, 1.82) is 0 Å². The molecule has 0 aliphatic carbocycles. The SMILES string of the molecule is CCCNc1nc(C2CCCO2)no1. The number of rotatable bonds is 4. The summed E-state index contributed by atoms with van der Waals surface area (Å²) in [5.41, 5.74) is 0. The summed E-state index contributed by atoms with van der Waals surface area (Å²) in [4.78, 5) is 4.22. The fraction of sp³-hybridized carbons (Fsp3) is 0.778. The van der Waals surface area contributed by atoms with Gasteiger partial charge in [-0.1, -0.05) is 12.1 Å². The molecule has 0 radical (unpaired) electrons. The van der Waals surface area contributed by atoms with Crippen molar-refractivity contribution in [2.75, 3.05) is 18.5 Å². The van der Waals surface area contributed by atoms with Gasteiger partial charge >= 0.3 is 6.01 Å². The van der Waals surface area contributed by atoms with Crippen LogP contribution in [0.2, 0.25) is 0 Å². The van der Waals surface area contributed by atoms with Crippen LogP contribution in [0.3, 0.4) is 0 Å². The van der Waals surface area contributed by atoms with E-state index in [1.54, 1.807) is 0 Å². The Morgan fingerprint density at radius 1 is 1.57 bits per heavy atom. The van der Waals surface area contributed by atoms with Gasteiger partial charge in [-0.2, -0.15) is 4.98 Å². The predicted molar refractivity (Wildman–Crippen MR) is 51.0 cm³/mol. The fourth-order valence-corrected chi connectivity index (χ4v) is 1.45. The number of nitrogens with zero attached hydrogens (tertiary/aromatic N) is 2. The molecule has 1 atom stereocenters. The second-order valence-electron chi connectivity index (χ2n) is 3.39. The van der Waals surface area contributed by atoms with Gasteiger partial charge in [0.2, 0.25) is 5.82 Å². The molecular weight excluding hydrogens is 182 g/mol. The van der Waals surface area contributed by atoms with Crippen molar-refractivity contribution in [1.82, 2.24) is 10.1 Å². The molecule has 78 valence electrons. The highest BCUT2D eigenvalue weighted by molar-refractivity contribution is 5.18. The zero-order valence-electron chi connectivity index (χ0n) is 8.32. The summed E-state index contributed by atoms with van der Waals surface area (Å²) in [6, 6.07) is 0.498. The van der Waals surface area contributed by atoms with Gasteiger partial charge in [0.15, 0.2) is 0 Å². The van der Waals surface area contributed by atoms with Gasteiger partial charge in [0.1, 0.15) is 6.10 Å². The molecule has 1 N–H and O–H groups in total. The normalized spacial score (nSPS) is 21.4. The first-order chi connectivity index (χ1) is 6.90. The maximum Gasteiger partial charge on any atom is 0.321 e. The van der Waals surface area contributed by atoms with Gasteiger partial charge in [-0.05, 0) is 19.3 Å². The van der Waals surface area contributed by atoms with Crippen molar-refractivity contribution in [3.63, 3.8) is 0 Å². The van der Waals surface area contributed by atoms with E-state index in [-0.39, 0.29) is 6.10 Å². The Hall–Kier alpha value is -1.10. The van der Waals surface area contributed by atoms with Crippen molar-refractivity contribution in [3.8, 4) is 0 Å². The van der Waals surface area contributed by atoms with Crippen molar-refractivity contribution < 1.29 is 9.26 Å². The number of ether oxygens (including phenoxy) is 1. The van der Waals surface area contributed by atoms with Crippen LogP contribution in [0.15, 0.2) is 4.52 Å². The number of anilines is 1. The molecule has 0 aromatic carbocycles. The lowest BCUT2D eigenvalue weighted by Crippen LogP contribution is -2.01. The van der Waals surface area contributed by atoms with Crippen LogP contribution >= 0.6 is 0 Å². The van der Waals surface area contributed by atoms with E-state index in [0.29, 0.717) is 11.8 Å². The molecule has 1 unspecified atom stereocenters. The minimum atomic E-state index is 0.0379. The molecule has 0 saturated carbocycles. The minimum absolute atomic E-state index is 0.0379. The van der Waals surface area contributed by atoms with E-state index in [9.17, 15) is 0 Å². The third-order valence-electron chi connectivity index (χ3n) is 2.19. The molecule has 14 heavy (non-hydrogen) atoms. The second kappa shape index (κ2) is 4.41. The molecule has 1 aliphatic heterocycles. The molecule has 0 amide bonds. The van der Waals surface area contributed by atoms with Gasteiger partial charge in [-0.3, -0.25) is 0 Å². The monoisotopic (exact) mass is 197 g/mol. The third-order valence-corrected chi connectivity index (χ3v) is 2.19. The minimum Gasteiger partial charge on any atom is -0.370 e. The molecule has 5 nitrogen and oxygen atoms in total. The highest BCUT2D eigenvalue weighted by Crippen LogP contribution is 2.26. The Kier molecular flexibility index (Phi) is 2.98. The van der Waals surface area contributed by atoms with Crippen LogP contribution in [0.4, 0.5) is 6.01 Å². The highest BCUT2D eigenvalue weighted by Gasteiger charge is 2.22. The average molecular weight is 197 g/mol. The first-order valence-corrected chi connectivity index (χ1v) is 5.09. The predicted octanol–water partition coefficient (Wildman–Crippen LogP) is 1.74. The van der Waals surface area contributed by atoms with Gasteiger partial charge in [-0.25, -0.2) is 0 Å². The Morgan fingerprint density at radius 2 is 2.50 bits per heavy atom. The van der Waals surface area contributed by atoms with Gasteiger partial charge in [0, 0.05) is 13.2 Å². The lowest BCUT2D eigenvalue weighted by molar-refractivity contribution is 0.103. The van der Waals surface area contributed by atoms with E-state index in [0.717, 1.165) is 32.4 Å². The summed E-state index contributed by atoms with van der Waals surface area (Å²) in [6.07, 6.45) is 3.15. The van der Waals surface area contributed by atoms with E-state index in [4.69, 9.17) is 9.26 Å². The van der Waals surface area contributed by atoms with E-state index >= 15 is 0 Å². The topological polar surface area (TPSA) is 60.2 Å². The summed E-state index contributed by atoms with van der Waals surface area (Å²) in [6.45, 7) is 3.74. The number of hydrogen-bond donors (Lipinski definition) is 1. The van der Waals surface area contributed by atoms with E-state index in [2.05, 4.69) is 22.4 Å². The van der Waals surface area contributed by atoms with E-state index in [1.807, 2.05) is 0 Å². The second-order valence-corrected chi connectivity index (χ2v) is 3.39. The van der Waals surface area contributed by atoms with Crippen LogP contribution in [-0.2, 0) is 4.74 Å². The van der Waals surface area contributed by atoms with Crippen LogP contribution in [-0.4, -0.2) is 23.3 Å². The summed E-state index contributed by atoms with van der Waals surface area (Å²) < 4.78 is 10.5. The zero-order valence-corrected chi connectivity index (χ0v) is 8.32. The van der Waals surface area contributed by atoms with E-state index < -0.39 is 0 Å². The molecule has 1 saturated heterocycles. The van der Waals surface area contributed by atoms with Gasteiger partial charge < -0.3 is 14.6 Å². The summed E-state index contributed by atoms with van der Waals surface area (Å²) in [7, 11) is 0. The molecule has 1 fully saturated rings. The maximum atomic E-state index is 5.44. The van der Waals surface area contributed by atoms with Crippen LogP contribution in [0.5, 0.6) is 0 Å². The summed E-state index contributed by atoms with van der Waals surface area (Å²) >= 11 is 0. The summed E-state index contributed by atoms with van der Waals surface area (Å²) in [5.74, 6) is 0.668. The lowest BCUT2D eigenvalue weighted by Gasteiger charge is -2.00. The van der Waals surface area contributed by atoms with Crippen molar-refractivity contribution >= 4 is 6.01 Å². The van der Waals surface area contributed by atoms with Crippen LogP contribution < -0.4 is 5.32 Å². The zero-order chi connectivity index (χ0) is 9.80. The first-order valence-electron chi connectivity index (χ1n) is 5.09. The van der Waals surface area contributed by atoms with Crippen LogP contribution in [0.25, 0.3) is 0 Å². The van der Waals surface area contributed by atoms with Gasteiger partial charge in [-0.15, -0.1) is 0 Å². The first kappa shape index (κ1) is 9.45. The molecule has 1 aromatic rings. The van der Waals surface area contributed by atoms with Crippen molar-refractivity contribution in [3.05, 3.63) is 5.82 Å². The molecule has 2 rings (SSSR count). The number of hydrogen-bond acceptors (Lipinski definition) is 5. The Bertz CT molecular complexity index is 281.